The normalized spacial score (nSPS) is 27.9. The largest absolute Gasteiger partial charge is 0.372 e. The second-order valence-electron chi connectivity index (χ2n) is 8.98. The number of benzene rings is 1. The van der Waals surface area contributed by atoms with Crippen LogP contribution in [-0.2, 0) is 9.59 Å². The third kappa shape index (κ3) is 3.66. The Kier molecular flexibility index (Phi) is 5.71. The molecule has 2 saturated heterocycles. The molecule has 30 heavy (non-hydrogen) atoms. The highest BCUT2D eigenvalue weighted by Crippen LogP contribution is 2.38. The molecule has 1 spiro atoms. The number of nitrogens with zero attached hydrogens (tertiary/aromatic N) is 2. The SMILES string of the molecule is C[C@@H]1CCCC[C@@]12NC(=O)N([C@@H](C)C(=O)Nc1ccc(N3CCCCC3)cc1)C2=O. The summed E-state index contributed by atoms with van der Waals surface area (Å²) < 4.78 is 0. The molecule has 1 aromatic carbocycles. The van der Waals surface area contributed by atoms with Gasteiger partial charge >= 0.3 is 6.03 Å². The van der Waals surface area contributed by atoms with Gasteiger partial charge in [-0.15, -0.1) is 0 Å². The molecule has 2 heterocycles. The van der Waals surface area contributed by atoms with E-state index in [1.54, 1.807) is 6.92 Å². The van der Waals surface area contributed by atoms with Crippen molar-refractivity contribution in [3.63, 3.8) is 0 Å². The van der Waals surface area contributed by atoms with Gasteiger partial charge in [0.05, 0.1) is 0 Å². The second kappa shape index (κ2) is 8.28. The van der Waals surface area contributed by atoms with Crippen molar-refractivity contribution >= 4 is 29.2 Å². The van der Waals surface area contributed by atoms with E-state index in [4.69, 9.17) is 0 Å². The van der Waals surface area contributed by atoms with Crippen molar-refractivity contribution in [2.75, 3.05) is 23.3 Å². The van der Waals surface area contributed by atoms with E-state index in [-0.39, 0.29) is 17.7 Å². The van der Waals surface area contributed by atoms with Gasteiger partial charge in [0.2, 0.25) is 5.91 Å². The molecule has 0 aromatic heterocycles. The maximum absolute atomic E-state index is 13.2. The summed E-state index contributed by atoms with van der Waals surface area (Å²) in [5.74, 6) is -0.544. The van der Waals surface area contributed by atoms with Gasteiger partial charge in [0.15, 0.2) is 0 Å². The van der Waals surface area contributed by atoms with E-state index in [1.165, 1.54) is 19.3 Å². The van der Waals surface area contributed by atoms with Crippen molar-refractivity contribution in [1.82, 2.24) is 10.2 Å². The number of rotatable bonds is 4. The van der Waals surface area contributed by atoms with Gasteiger partial charge in [-0.2, -0.15) is 0 Å². The van der Waals surface area contributed by atoms with E-state index in [2.05, 4.69) is 15.5 Å². The Hall–Kier alpha value is -2.57. The minimum absolute atomic E-state index is 0.0743. The lowest BCUT2D eigenvalue weighted by Gasteiger charge is -2.37. The van der Waals surface area contributed by atoms with Crippen molar-refractivity contribution in [2.45, 2.75) is 70.4 Å². The minimum Gasteiger partial charge on any atom is -0.372 e. The first-order valence-corrected chi connectivity index (χ1v) is 11.2. The molecule has 0 unspecified atom stereocenters. The average Bonchev–Trinajstić information content (AvgIpc) is 3.01. The molecule has 3 fully saturated rings. The third-order valence-corrected chi connectivity index (χ3v) is 7.07. The van der Waals surface area contributed by atoms with E-state index in [9.17, 15) is 14.4 Å². The Morgan fingerprint density at radius 2 is 1.80 bits per heavy atom. The molecule has 162 valence electrons. The van der Waals surface area contributed by atoms with Gasteiger partial charge in [0.25, 0.3) is 5.91 Å². The lowest BCUT2D eigenvalue weighted by molar-refractivity contribution is -0.138. The fraction of sp³-hybridized carbons (Fsp3) is 0.609. The van der Waals surface area contributed by atoms with Crippen LogP contribution in [0.2, 0.25) is 0 Å². The quantitative estimate of drug-likeness (QED) is 0.742. The minimum atomic E-state index is -0.868. The van der Waals surface area contributed by atoms with Gasteiger partial charge in [-0.05, 0) is 69.2 Å². The summed E-state index contributed by atoms with van der Waals surface area (Å²) in [6.45, 7) is 5.75. The number of carbonyl (C=O) groups excluding carboxylic acids is 3. The molecule has 4 rings (SSSR count). The van der Waals surface area contributed by atoms with Crippen molar-refractivity contribution in [1.29, 1.82) is 0 Å². The van der Waals surface area contributed by atoms with Crippen molar-refractivity contribution in [3.05, 3.63) is 24.3 Å². The number of nitrogens with one attached hydrogen (secondary N) is 2. The molecule has 2 N–H and O–H groups in total. The number of piperidine rings is 1. The first kappa shape index (κ1) is 20.7. The highest BCUT2D eigenvalue weighted by atomic mass is 16.2. The molecule has 1 aliphatic carbocycles. The van der Waals surface area contributed by atoms with Crippen LogP contribution in [0.4, 0.5) is 16.2 Å². The van der Waals surface area contributed by atoms with Crippen molar-refractivity contribution < 1.29 is 14.4 Å². The zero-order valence-electron chi connectivity index (χ0n) is 17.9. The van der Waals surface area contributed by atoms with Crippen LogP contribution in [-0.4, -0.2) is 47.4 Å². The van der Waals surface area contributed by atoms with Crippen LogP contribution in [0, 0.1) is 5.92 Å². The van der Waals surface area contributed by atoms with Crippen LogP contribution in [0.3, 0.4) is 0 Å². The van der Waals surface area contributed by atoms with Crippen molar-refractivity contribution in [3.8, 4) is 0 Å². The first-order chi connectivity index (χ1) is 14.4. The molecule has 2 aliphatic heterocycles. The van der Waals surface area contributed by atoms with E-state index >= 15 is 0 Å². The number of imide groups is 1. The molecule has 4 amide bonds. The number of amides is 4. The topological polar surface area (TPSA) is 81.8 Å². The molecule has 3 aliphatic rings. The van der Waals surface area contributed by atoms with Crippen LogP contribution < -0.4 is 15.5 Å². The van der Waals surface area contributed by atoms with Crippen LogP contribution >= 0.6 is 0 Å². The molecule has 7 heteroatoms. The number of hydrogen-bond donors (Lipinski definition) is 2. The Morgan fingerprint density at radius 3 is 2.47 bits per heavy atom. The highest BCUT2D eigenvalue weighted by molar-refractivity contribution is 6.11. The first-order valence-electron chi connectivity index (χ1n) is 11.2. The average molecular weight is 413 g/mol. The Morgan fingerprint density at radius 1 is 1.10 bits per heavy atom. The molecule has 3 atom stereocenters. The Labute approximate surface area is 178 Å². The Balaban J connectivity index is 1.42. The fourth-order valence-corrected chi connectivity index (χ4v) is 5.09. The van der Waals surface area contributed by atoms with E-state index in [0.717, 1.165) is 42.9 Å². The lowest BCUT2D eigenvalue weighted by atomic mass is 9.73. The maximum Gasteiger partial charge on any atom is 0.325 e. The van der Waals surface area contributed by atoms with Crippen LogP contribution in [0.5, 0.6) is 0 Å². The lowest BCUT2D eigenvalue weighted by Crippen LogP contribution is -2.54. The van der Waals surface area contributed by atoms with Crippen LogP contribution in [0.25, 0.3) is 0 Å². The summed E-state index contributed by atoms with van der Waals surface area (Å²) >= 11 is 0. The van der Waals surface area contributed by atoms with Crippen LogP contribution in [0.1, 0.15) is 58.8 Å². The highest BCUT2D eigenvalue weighted by Gasteiger charge is 2.56. The molecular formula is C23H32N4O3. The molecule has 0 radical (unpaired) electrons. The summed E-state index contributed by atoms with van der Waals surface area (Å²) in [6, 6.07) is 6.45. The fourth-order valence-electron chi connectivity index (χ4n) is 5.09. The molecule has 1 saturated carbocycles. The van der Waals surface area contributed by atoms with Crippen molar-refractivity contribution in [2.24, 2.45) is 5.92 Å². The van der Waals surface area contributed by atoms with E-state index < -0.39 is 17.6 Å². The summed E-state index contributed by atoms with van der Waals surface area (Å²) in [6.07, 6.45) is 7.23. The van der Waals surface area contributed by atoms with Gasteiger partial charge in [0.1, 0.15) is 11.6 Å². The summed E-state index contributed by atoms with van der Waals surface area (Å²) in [5, 5.41) is 5.78. The number of anilines is 2. The monoisotopic (exact) mass is 412 g/mol. The zero-order chi connectivity index (χ0) is 21.3. The standard InChI is InChI=1S/C23H32N4O3/c1-16-8-4-5-13-23(16)21(29)27(22(30)25-23)17(2)20(28)24-18-9-11-19(12-10-18)26-14-6-3-7-15-26/h9-12,16-17H,3-8,13-15H2,1-2H3,(H,24,28)(H,25,30)/t16-,17+,23-/m1/s1. The number of urea groups is 1. The molecule has 1 aromatic rings. The number of carbonyl (C=O) groups is 3. The predicted octanol–water partition coefficient (Wildman–Crippen LogP) is 3.50. The van der Waals surface area contributed by atoms with Crippen LogP contribution in [0.15, 0.2) is 24.3 Å². The van der Waals surface area contributed by atoms with Gasteiger partial charge in [-0.1, -0.05) is 19.8 Å². The predicted molar refractivity (Wildman–Crippen MR) is 116 cm³/mol. The molecule has 0 bridgehead atoms. The van der Waals surface area contributed by atoms with Gasteiger partial charge in [0, 0.05) is 24.5 Å². The van der Waals surface area contributed by atoms with Gasteiger partial charge in [-0.3, -0.25) is 9.59 Å². The number of hydrogen-bond acceptors (Lipinski definition) is 4. The summed E-state index contributed by atoms with van der Waals surface area (Å²) in [5.41, 5.74) is 0.975. The summed E-state index contributed by atoms with van der Waals surface area (Å²) in [7, 11) is 0. The van der Waals surface area contributed by atoms with E-state index in [1.807, 2.05) is 31.2 Å². The van der Waals surface area contributed by atoms with Gasteiger partial charge in [-0.25, -0.2) is 9.69 Å². The maximum atomic E-state index is 13.2. The second-order valence-corrected chi connectivity index (χ2v) is 8.98. The zero-order valence-corrected chi connectivity index (χ0v) is 17.9. The van der Waals surface area contributed by atoms with E-state index in [0.29, 0.717) is 12.1 Å². The summed E-state index contributed by atoms with van der Waals surface area (Å²) in [4.78, 5) is 42.1. The van der Waals surface area contributed by atoms with Gasteiger partial charge < -0.3 is 15.5 Å². The molecular weight excluding hydrogens is 380 g/mol. The molecule has 7 nitrogen and oxygen atoms in total. The Bertz CT molecular complexity index is 818. The third-order valence-electron chi connectivity index (χ3n) is 7.07. The smallest absolute Gasteiger partial charge is 0.325 e.